The second kappa shape index (κ2) is 6.83. The standard InChI is InChI=1S/C15H20N2O2S/c1-11-6-4-5-7-12(11)8-17(2)15-16-13(10-19-3)14(9-18)20-15/h4-7,18H,8-10H2,1-3H3. The fraction of sp³-hybridized carbons (Fsp3) is 0.400. The number of aromatic nitrogens is 1. The van der Waals surface area contributed by atoms with Crippen molar-refractivity contribution in [3.05, 3.63) is 46.0 Å². The molecule has 1 aromatic heterocycles. The molecule has 0 bridgehead atoms. The van der Waals surface area contributed by atoms with E-state index >= 15 is 0 Å². The van der Waals surface area contributed by atoms with Crippen LogP contribution in [0.5, 0.6) is 0 Å². The van der Waals surface area contributed by atoms with E-state index in [4.69, 9.17) is 4.74 Å². The van der Waals surface area contributed by atoms with Gasteiger partial charge < -0.3 is 14.7 Å². The second-order valence-electron chi connectivity index (χ2n) is 4.74. The molecule has 0 fully saturated rings. The summed E-state index contributed by atoms with van der Waals surface area (Å²) in [5.74, 6) is 0. The molecule has 5 heteroatoms. The van der Waals surface area contributed by atoms with Crippen LogP contribution in [0.15, 0.2) is 24.3 Å². The molecule has 0 atom stereocenters. The molecule has 2 rings (SSSR count). The van der Waals surface area contributed by atoms with Gasteiger partial charge in [-0.15, -0.1) is 0 Å². The number of benzene rings is 1. The smallest absolute Gasteiger partial charge is 0.185 e. The van der Waals surface area contributed by atoms with Crippen LogP contribution >= 0.6 is 11.3 Å². The fourth-order valence-corrected chi connectivity index (χ4v) is 2.90. The number of rotatable bonds is 6. The quantitative estimate of drug-likeness (QED) is 0.889. The predicted octanol–water partition coefficient (Wildman–Crippen LogP) is 2.73. The summed E-state index contributed by atoms with van der Waals surface area (Å²) in [6, 6.07) is 8.33. The number of hydrogen-bond acceptors (Lipinski definition) is 5. The predicted molar refractivity (Wildman–Crippen MR) is 82.0 cm³/mol. The SMILES string of the molecule is COCc1nc(N(C)Cc2ccccc2C)sc1CO. The van der Waals surface area contributed by atoms with E-state index in [1.165, 1.54) is 22.5 Å². The molecule has 0 radical (unpaired) electrons. The molecule has 2 aromatic rings. The van der Waals surface area contributed by atoms with Gasteiger partial charge in [0.25, 0.3) is 0 Å². The molecule has 0 amide bonds. The summed E-state index contributed by atoms with van der Waals surface area (Å²) >= 11 is 1.52. The average molecular weight is 292 g/mol. The highest BCUT2D eigenvalue weighted by molar-refractivity contribution is 7.15. The summed E-state index contributed by atoms with van der Waals surface area (Å²) in [5.41, 5.74) is 3.38. The molecular formula is C15H20N2O2S. The van der Waals surface area contributed by atoms with Crippen LogP contribution in [0.1, 0.15) is 21.7 Å². The minimum Gasteiger partial charge on any atom is -0.391 e. The first-order valence-electron chi connectivity index (χ1n) is 6.49. The lowest BCUT2D eigenvalue weighted by atomic mass is 10.1. The minimum atomic E-state index is 0.00850. The largest absolute Gasteiger partial charge is 0.391 e. The van der Waals surface area contributed by atoms with Crippen LogP contribution in [0.3, 0.4) is 0 Å². The molecule has 108 valence electrons. The lowest BCUT2D eigenvalue weighted by molar-refractivity contribution is 0.179. The summed E-state index contributed by atoms with van der Waals surface area (Å²) in [6.07, 6.45) is 0. The zero-order chi connectivity index (χ0) is 14.5. The van der Waals surface area contributed by atoms with Crippen molar-refractivity contribution in [2.24, 2.45) is 0 Å². The first kappa shape index (κ1) is 15.0. The van der Waals surface area contributed by atoms with E-state index in [2.05, 4.69) is 28.9 Å². The van der Waals surface area contributed by atoms with Crippen LogP contribution in [-0.4, -0.2) is 24.2 Å². The van der Waals surface area contributed by atoms with Crippen LogP contribution in [-0.2, 0) is 24.5 Å². The number of aryl methyl sites for hydroxylation is 1. The van der Waals surface area contributed by atoms with E-state index < -0.39 is 0 Å². The highest BCUT2D eigenvalue weighted by atomic mass is 32.1. The van der Waals surface area contributed by atoms with Crippen LogP contribution in [0.2, 0.25) is 0 Å². The van der Waals surface area contributed by atoms with Gasteiger partial charge in [-0.05, 0) is 18.1 Å². The van der Waals surface area contributed by atoms with Gasteiger partial charge in [0.15, 0.2) is 5.13 Å². The topological polar surface area (TPSA) is 45.6 Å². The van der Waals surface area contributed by atoms with E-state index in [1.807, 2.05) is 19.2 Å². The lowest BCUT2D eigenvalue weighted by Gasteiger charge is -2.17. The van der Waals surface area contributed by atoms with Crippen molar-refractivity contribution in [1.29, 1.82) is 0 Å². The van der Waals surface area contributed by atoms with Gasteiger partial charge in [0.1, 0.15) is 0 Å². The lowest BCUT2D eigenvalue weighted by Crippen LogP contribution is -2.16. The summed E-state index contributed by atoms with van der Waals surface area (Å²) in [6.45, 7) is 3.36. The van der Waals surface area contributed by atoms with Crippen LogP contribution in [0, 0.1) is 6.92 Å². The Morgan fingerprint density at radius 2 is 2.10 bits per heavy atom. The molecule has 1 N–H and O–H groups in total. The molecule has 0 spiro atoms. The normalized spacial score (nSPS) is 10.8. The molecular weight excluding hydrogens is 272 g/mol. The van der Waals surface area contributed by atoms with E-state index in [0.29, 0.717) is 6.61 Å². The first-order chi connectivity index (χ1) is 9.65. The zero-order valence-electron chi connectivity index (χ0n) is 12.1. The van der Waals surface area contributed by atoms with E-state index in [-0.39, 0.29) is 6.61 Å². The molecule has 1 aromatic carbocycles. The van der Waals surface area contributed by atoms with E-state index in [9.17, 15) is 5.11 Å². The van der Waals surface area contributed by atoms with Gasteiger partial charge in [0.05, 0.1) is 23.8 Å². The Hall–Kier alpha value is -1.43. The van der Waals surface area contributed by atoms with Gasteiger partial charge in [-0.1, -0.05) is 35.6 Å². The Labute approximate surface area is 123 Å². The monoisotopic (exact) mass is 292 g/mol. The number of thiazole rings is 1. The maximum Gasteiger partial charge on any atom is 0.185 e. The second-order valence-corrected chi connectivity index (χ2v) is 5.80. The summed E-state index contributed by atoms with van der Waals surface area (Å²) in [4.78, 5) is 7.53. The average Bonchev–Trinajstić information content (AvgIpc) is 2.85. The Kier molecular flexibility index (Phi) is 5.11. The molecule has 0 aliphatic rings. The maximum atomic E-state index is 9.37. The van der Waals surface area contributed by atoms with Gasteiger partial charge in [-0.3, -0.25) is 0 Å². The highest BCUT2D eigenvalue weighted by Gasteiger charge is 2.14. The zero-order valence-corrected chi connectivity index (χ0v) is 12.9. The van der Waals surface area contributed by atoms with Crippen molar-refractivity contribution >= 4 is 16.5 Å². The molecule has 0 aliphatic heterocycles. The van der Waals surface area contributed by atoms with Crippen LogP contribution < -0.4 is 4.90 Å². The Bertz CT molecular complexity index is 569. The number of methoxy groups -OCH3 is 1. The minimum absolute atomic E-state index is 0.00850. The Balaban J connectivity index is 2.17. The van der Waals surface area contributed by atoms with Gasteiger partial charge in [0.2, 0.25) is 0 Å². The third-order valence-electron chi connectivity index (χ3n) is 3.19. The Morgan fingerprint density at radius 3 is 2.75 bits per heavy atom. The molecule has 1 heterocycles. The van der Waals surface area contributed by atoms with Crippen molar-refractivity contribution in [3.63, 3.8) is 0 Å². The van der Waals surface area contributed by atoms with E-state index in [1.54, 1.807) is 7.11 Å². The summed E-state index contributed by atoms with van der Waals surface area (Å²) in [7, 11) is 3.65. The van der Waals surface area contributed by atoms with Crippen LogP contribution in [0.25, 0.3) is 0 Å². The maximum absolute atomic E-state index is 9.37. The third kappa shape index (κ3) is 3.36. The van der Waals surface area contributed by atoms with Crippen molar-refractivity contribution in [2.75, 3.05) is 19.1 Å². The number of hydrogen-bond donors (Lipinski definition) is 1. The van der Waals surface area contributed by atoms with Crippen molar-refractivity contribution in [2.45, 2.75) is 26.7 Å². The fourth-order valence-electron chi connectivity index (χ4n) is 2.02. The van der Waals surface area contributed by atoms with Crippen LogP contribution in [0.4, 0.5) is 5.13 Å². The van der Waals surface area contributed by atoms with Crippen molar-refractivity contribution in [3.8, 4) is 0 Å². The number of ether oxygens (including phenoxy) is 1. The van der Waals surface area contributed by atoms with Gasteiger partial charge >= 0.3 is 0 Å². The number of anilines is 1. The number of aliphatic hydroxyl groups is 1. The molecule has 4 nitrogen and oxygen atoms in total. The third-order valence-corrected chi connectivity index (χ3v) is 4.38. The highest BCUT2D eigenvalue weighted by Crippen LogP contribution is 2.27. The van der Waals surface area contributed by atoms with Crippen molar-refractivity contribution in [1.82, 2.24) is 4.98 Å². The number of aliphatic hydroxyl groups excluding tert-OH is 1. The van der Waals surface area contributed by atoms with Gasteiger partial charge in [-0.25, -0.2) is 4.98 Å². The molecule has 0 unspecified atom stereocenters. The Morgan fingerprint density at radius 1 is 1.35 bits per heavy atom. The molecule has 20 heavy (non-hydrogen) atoms. The van der Waals surface area contributed by atoms with Crippen molar-refractivity contribution < 1.29 is 9.84 Å². The van der Waals surface area contributed by atoms with E-state index in [0.717, 1.165) is 22.2 Å². The number of nitrogens with zero attached hydrogens (tertiary/aromatic N) is 2. The van der Waals surface area contributed by atoms with Gasteiger partial charge in [0, 0.05) is 20.7 Å². The summed E-state index contributed by atoms with van der Waals surface area (Å²) < 4.78 is 5.12. The molecule has 0 aliphatic carbocycles. The summed E-state index contributed by atoms with van der Waals surface area (Å²) in [5, 5.41) is 10.3. The molecule has 0 saturated carbocycles. The first-order valence-corrected chi connectivity index (χ1v) is 7.31. The molecule has 0 saturated heterocycles. The van der Waals surface area contributed by atoms with Gasteiger partial charge in [-0.2, -0.15) is 0 Å².